The van der Waals surface area contributed by atoms with E-state index in [9.17, 15) is 14.4 Å². The van der Waals surface area contributed by atoms with Crippen molar-refractivity contribution in [2.24, 2.45) is 0 Å². The van der Waals surface area contributed by atoms with Crippen molar-refractivity contribution in [1.82, 2.24) is 10.6 Å². The minimum Gasteiger partial charge on any atom is -0.481 e. The van der Waals surface area contributed by atoms with Crippen molar-refractivity contribution in [2.45, 2.75) is 56.8 Å². The minimum atomic E-state index is -1.04. The van der Waals surface area contributed by atoms with Crippen LogP contribution in [-0.4, -0.2) is 54.5 Å². The third kappa shape index (κ3) is 5.56. The summed E-state index contributed by atoms with van der Waals surface area (Å²) in [5.74, 6) is -1.59. The molecule has 1 aliphatic heterocycles. The van der Waals surface area contributed by atoms with Gasteiger partial charge in [-0.1, -0.05) is 48.5 Å². The number of carboxylic acid groups (broad SMARTS) is 1. The summed E-state index contributed by atoms with van der Waals surface area (Å²) >= 11 is 0. The van der Waals surface area contributed by atoms with Gasteiger partial charge >= 0.3 is 12.1 Å². The van der Waals surface area contributed by atoms with Gasteiger partial charge in [0, 0.05) is 18.9 Å². The van der Waals surface area contributed by atoms with E-state index in [1.54, 1.807) is 0 Å². The van der Waals surface area contributed by atoms with Crippen LogP contribution in [0.2, 0.25) is 0 Å². The molecule has 4 rings (SSSR count). The Labute approximate surface area is 198 Å². The van der Waals surface area contributed by atoms with Gasteiger partial charge < -0.3 is 25.2 Å². The molecular weight excluding hydrogens is 436 g/mol. The Morgan fingerprint density at radius 2 is 1.71 bits per heavy atom. The van der Waals surface area contributed by atoms with Gasteiger partial charge in [-0.3, -0.25) is 9.59 Å². The molecule has 3 atom stereocenters. The van der Waals surface area contributed by atoms with E-state index in [1.165, 1.54) is 0 Å². The second-order valence-electron chi connectivity index (χ2n) is 8.85. The summed E-state index contributed by atoms with van der Waals surface area (Å²) in [5, 5.41) is 14.4. The summed E-state index contributed by atoms with van der Waals surface area (Å²) in [5.41, 5.74) is 4.41. The molecule has 2 aromatic rings. The molecule has 0 radical (unpaired) electrons. The zero-order valence-electron chi connectivity index (χ0n) is 19.2. The van der Waals surface area contributed by atoms with Gasteiger partial charge in [-0.05, 0) is 48.4 Å². The summed E-state index contributed by atoms with van der Waals surface area (Å²) in [6.07, 6.45) is 0.823. The number of amides is 2. The van der Waals surface area contributed by atoms with Gasteiger partial charge in [-0.2, -0.15) is 0 Å². The quantitative estimate of drug-likeness (QED) is 0.522. The highest BCUT2D eigenvalue weighted by Gasteiger charge is 2.30. The highest BCUT2D eigenvalue weighted by atomic mass is 16.5. The first-order valence-corrected chi connectivity index (χ1v) is 11.7. The van der Waals surface area contributed by atoms with Crippen molar-refractivity contribution in [3.05, 3.63) is 59.7 Å². The Morgan fingerprint density at radius 1 is 1.06 bits per heavy atom. The van der Waals surface area contributed by atoms with Crippen LogP contribution in [0.15, 0.2) is 48.5 Å². The van der Waals surface area contributed by atoms with Gasteiger partial charge in [0.25, 0.3) is 0 Å². The van der Waals surface area contributed by atoms with Gasteiger partial charge in [0.15, 0.2) is 0 Å². The zero-order chi connectivity index (χ0) is 24.1. The van der Waals surface area contributed by atoms with E-state index in [0.717, 1.165) is 35.1 Å². The number of alkyl carbamates (subject to hydrolysis) is 1. The van der Waals surface area contributed by atoms with Gasteiger partial charge in [0.05, 0.1) is 12.2 Å². The lowest BCUT2D eigenvalue weighted by Crippen LogP contribution is -2.48. The topological polar surface area (TPSA) is 114 Å². The molecule has 8 heteroatoms. The first-order chi connectivity index (χ1) is 16.4. The lowest BCUT2D eigenvalue weighted by atomic mass is 9.98. The number of hydrogen-bond donors (Lipinski definition) is 3. The largest absolute Gasteiger partial charge is 0.481 e. The van der Waals surface area contributed by atoms with Crippen molar-refractivity contribution in [3.8, 4) is 11.1 Å². The van der Waals surface area contributed by atoms with Crippen LogP contribution in [0.3, 0.4) is 0 Å². The highest BCUT2D eigenvalue weighted by molar-refractivity contribution is 5.86. The molecule has 2 amide bonds. The highest BCUT2D eigenvalue weighted by Crippen LogP contribution is 2.44. The molecule has 34 heavy (non-hydrogen) atoms. The minimum absolute atomic E-state index is 0.0344. The van der Waals surface area contributed by atoms with Gasteiger partial charge in [-0.25, -0.2) is 4.79 Å². The number of carbonyl (C=O) groups excluding carboxylic acids is 2. The molecule has 1 saturated heterocycles. The maximum absolute atomic E-state index is 12.7. The van der Waals surface area contributed by atoms with Crippen molar-refractivity contribution < 1.29 is 29.0 Å². The van der Waals surface area contributed by atoms with Gasteiger partial charge in [0.2, 0.25) is 5.91 Å². The van der Waals surface area contributed by atoms with Crippen molar-refractivity contribution in [3.63, 3.8) is 0 Å². The summed E-state index contributed by atoms with van der Waals surface area (Å²) in [7, 11) is 0. The van der Waals surface area contributed by atoms with Crippen LogP contribution in [0, 0.1) is 0 Å². The molecule has 1 fully saturated rings. The number of benzene rings is 2. The Bertz CT molecular complexity index is 1010. The first-order valence-electron chi connectivity index (χ1n) is 11.7. The molecule has 0 spiro atoms. The maximum Gasteiger partial charge on any atom is 0.407 e. The molecular formula is C26H30N2O6. The predicted octanol–water partition coefficient (Wildman–Crippen LogP) is 3.44. The van der Waals surface area contributed by atoms with E-state index >= 15 is 0 Å². The number of aliphatic carboxylic acids is 1. The summed E-state index contributed by atoms with van der Waals surface area (Å²) in [6, 6.07) is 15.0. The molecule has 2 aromatic carbocycles. The van der Waals surface area contributed by atoms with E-state index in [2.05, 4.69) is 22.8 Å². The number of nitrogens with one attached hydrogen (secondary N) is 2. The van der Waals surface area contributed by atoms with Crippen LogP contribution >= 0.6 is 0 Å². The fourth-order valence-corrected chi connectivity index (χ4v) is 4.69. The SMILES string of the molecule is CC1CCC(CNC(=O)C(CCC(=O)O)NC(=O)OCC2c3ccccc3-c3ccccc32)O1. The van der Waals surface area contributed by atoms with Gasteiger partial charge in [-0.15, -0.1) is 0 Å². The monoisotopic (exact) mass is 466 g/mol. The number of rotatable bonds is 9. The average molecular weight is 467 g/mol. The molecule has 3 unspecified atom stereocenters. The van der Waals surface area contributed by atoms with E-state index in [1.807, 2.05) is 43.3 Å². The second-order valence-corrected chi connectivity index (χ2v) is 8.85. The summed E-state index contributed by atoms with van der Waals surface area (Å²) in [6.45, 7) is 2.41. The van der Waals surface area contributed by atoms with E-state index in [0.29, 0.717) is 6.54 Å². The van der Waals surface area contributed by atoms with Crippen LogP contribution in [0.4, 0.5) is 4.79 Å². The Hall–Kier alpha value is -3.39. The Kier molecular flexibility index (Phi) is 7.47. The van der Waals surface area contributed by atoms with Crippen LogP contribution in [-0.2, 0) is 19.1 Å². The third-order valence-electron chi connectivity index (χ3n) is 6.42. The molecule has 180 valence electrons. The van der Waals surface area contributed by atoms with E-state index < -0.39 is 24.0 Å². The molecule has 0 saturated carbocycles. The van der Waals surface area contributed by atoms with Crippen molar-refractivity contribution in [2.75, 3.05) is 13.2 Å². The fraction of sp³-hybridized carbons (Fsp3) is 0.423. The van der Waals surface area contributed by atoms with Crippen LogP contribution in [0.25, 0.3) is 11.1 Å². The molecule has 2 aliphatic rings. The van der Waals surface area contributed by atoms with E-state index in [-0.39, 0.29) is 37.6 Å². The Balaban J connectivity index is 1.36. The lowest BCUT2D eigenvalue weighted by Gasteiger charge is -2.20. The number of carbonyl (C=O) groups is 3. The molecule has 3 N–H and O–H groups in total. The first kappa shape index (κ1) is 23.8. The Morgan fingerprint density at radius 3 is 2.29 bits per heavy atom. The third-order valence-corrected chi connectivity index (χ3v) is 6.42. The van der Waals surface area contributed by atoms with Crippen molar-refractivity contribution in [1.29, 1.82) is 0 Å². The normalized spacial score (nSPS) is 19.7. The van der Waals surface area contributed by atoms with Crippen molar-refractivity contribution >= 4 is 18.0 Å². The molecule has 0 bridgehead atoms. The maximum atomic E-state index is 12.7. The standard InChI is InChI=1S/C26H30N2O6/c1-16-10-11-17(34-16)14-27-25(31)23(12-13-24(29)30)28-26(32)33-15-22-20-8-4-2-6-18(20)19-7-3-5-9-21(19)22/h2-9,16-17,22-23H,10-15H2,1H3,(H,27,31)(H,28,32)(H,29,30). The number of fused-ring (bicyclic) bond motifs is 3. The summed E-state index contributed by atoms with van der Waals surface area (Å²) in [4.78, 5) is 36.3. The predicted molar refractivity (Wildman–Crippen MR) is 125 cm³/mol. The average Bonchev–Trinajstić information content (AvgIpc) is 3.39. The number of hydrogen-bond acceptors (Lipinski definition) is 5. The molecule has 1 aliphatic carbocycles. The number of carboxylic acids is 1. The zero-order valence-corrected chi connectivity index (χ0v) is 19.2. The second kappa shape index (κ2) is 10.7. The van der Waals surface area contributed by atoms with Crippen LogP contribution in [0.1, 0.15) is 49.7 Å². The summed E-state index contributed by atoms with van der Waals surface area (Å²) < 4.78 is 11.2. The van der Waals surface area contributed by atoms with Gasteiger partial charge in [0.1, 0.15) is 12.6 Å². The van der Waals surface area contributed by atoms with Crippen LogP contribution < -0.4 is 10.6 Å². The lowest BCUT2D eigenvalue weighted by molar-refractivity contribution is -0.137. The fourth-order valence-electron chi connectivity index (χ4n) is 4.69. The van der Waals surface area contributed by atoms with Crippen LogP contribution in [0.5, 0.6) is 0 Å². The molecule has 1 heterocycles. The molecule has 0 aromatic heterocycles. The van der Waals surface area contributed by atoms with E-state index in [4.69, 9.17) is 14.6 Å². The smallest absolute Gasteiger partial charge is 0.407 e. The number of ether oxygens (including phenoxy) is 2. The molecule has 8 nitrogen and oxygen atoms in total.